The third-order valence-electron chi connectivity index (χ3n) is 4.35. The van der Waals surface area contributed by atoms with Crippen LogP contribution in [0.3, 0.4) is 0 Å². The molecule has 0 amide bonds. The van der Waals surface area contributed by atoms with Crippen LogP contribution in [0.25, 0.3) is 11.1 Å². The highest BCUT2D eigenvalue weighted by molar-refractivity contribution is 7.95. The fraction of sp³-hybridized carbons (Fsp3) is 0.136. The van der Waals surface area contributed by atoms with E-state index in [2.05, 4.69) is 16.3 Å². The van der Waals surface area contributed by atoms with Gasteiger partial charge in [-0.15, -0.1) is 0 Å². The molecule has 0 spiro atoms. The molecule has 0 aliphatic carbocycles. The quantitative estimate of drug-likeness (QED) is 0.528. The van der Waals surface area contributed by atoms with E-state index in [1.54, 1.807) is 6.07 Å². The molecule has 3 aromatic rings. The summed E-state index contributed by atoms with van der Waals surface area (Å²) < 4.78 is 59.2. The van der Waals surface area contributed by atoms with Crippen molar-refractivity contribution in [3.8, 4) is 22.6 Å². The molecule has 2 aromatic carbocycles. The SMILES string of the molecule is C=CS(=O)(=O)Nc1ccc(Oc2ccc(F)cc2F)c(-c2c[nH]c(=O)c(CN(C)C)c2)c1. The van der Waals surface area contributed by atoms with Crippen molar-refractivity contribution < 1.29 is 21.9 Å². The van der Waals surface area contributed by atoms with Gasteiger partial charge in [0.15, 0.2) is 11.6 Å². The maximum Gasteiger partial charge on any atom is 0.254 e. The minimum absolute atomic E-state index is 0.167. The van der Waals surface area contributed by atoms with Crippen molar-refractivity contribution >= 4 is 15.7 Å². The average Bonchev–Trinajstić information content (AvgIpc) is 2.72. The molecule has 0 aliphatic rings. The first-order valence-corrected chi connectivity index (χ1v) is 10.9. The fourth-order valence-electron chi connectivity index (χ4n) is 2.93. The highest BCUT2D eigenvalue weighted by Gasteiger charge is 2.15. The second-order valence-electron chi connectivity index (χ2n) is 7.18. The molecule has 0 saturated heterocycles. The van der Waals surface area contributed by atoms with Gasteiger partial charge in [0.1, 0.15) is 11.6 Å². The molecule has 0 saturated carbocycles. The minimum Gasteiger partial charge on any atom is -0.454 e. The summed E-state index contributed by atoms with van der Waals surface area (Å²) in [6, 6.07) is 8.87. The number of H-pyrrole nitrogens is 1. The molecule has 168 valence electrons. The van der Waals surface area contributed by atoms with Gasteiger partial charge in [-0.2, -0.15) is 0 Å². The fourth-order valence-corrected chi connectivity index (χ4v) is 3.47. The molecule has 0 unspecified atom stereocenters. The van der Waals surface area contributed by atoms with Crippen LogP contribution in [0.5, 0.6) is 11.5 Å². The van der Waals surface area contributed by atoms with Crippen LogP contribution in [0.4, 0.5) is 14.5 Å². The number of hydrogen-bond donors (Lipinski definition) is 2. The van der Waals surface area contributed by atoms with Gasteiger partial charge < -0.3 is 14.6 Å². The van der Waals surface area contributed by atoms with Crippen molar-refractivity contribution in [3.05, 3.63) is 88.2 Å². The zero-order valence-electron chi connectivity index (χ0n) is 17.4. The monoisotopic (exact) mass is 461 g/mol. The van der Waals surface area contributed by atoms with Gasteiger partial charge in [-0.05, 0) is 50.5 Å². The van der Waals surface area contributed by atoms with Crippen molar-refractivity contribution in [2.24, 2.45) is 0 Å². The number of nitrogens with one attached hydrogen (secondary N) is 2. The lowest BCUT2D eigenvalue weighted by Crippen LogP contribution is -2.20. The lowest BCUT2D eigenvalue weighted by molar-refractivity contribution is 0.400. The number of hydrogen-bond acceptors (Lipinski definition) is 5. The number of rotatable bonds is 8. The molecular weight excluding hydrogens is 440 g/mol. The lowest BCUT2D eigenvalue weighted by atomic mass is 10.0. The zero-order valence-corrected chi connectivity index (χ0v) is 18.2. The summed E-state index contributed by atoms with van der Waals surface area (Å²) >= 11 is 0. The van der Waals surface area contributed by atoms with E-state index in [4.69, 9.17) is 4.74 Å². The van der Waals surface area contributed by atoms with E-state index >= 15 is 0 Å². The number of pyridine rings is 1. The van der Waals surface area contributed by atoms with Crippen molar-refractivity contribution in [1.82, 2.24) is 9.88 Å². The van der Waals surface area contributed by atoms with E-state index < -0.39 is 21.7 Å². The van der Waals surface area contributed by atoms with E-state index in [-0.39, 0.29) is 22.7 Å². The Hall–Kier alpha value is -3.50. The molecule has 0 aliphatic heterocycles. The van der Waals surface area contributed by atoms with Crippen molar-refractivity contribution in [1.29, 1.82) is 0 Å². The summed E-state index contributed by atoms with van der Waals surface area (Å²) in [4.78, 5) is 16.6. The second kappa shape index (κ2) is 9.33. The highest BCUT2D eigenvalue weighted by Crippen LogP contribution is 2.36. The summed E-state index contributed by atoms with van der Waals surface area (Å²) in [6.07, 6.45) is 1.44. The van der Waals surface area contributed by atoms with Crippen molar-refractivity contribution in [2.75, 3.05) is 18.8 Å². The Morgan fingerprint density at radius 1 is 1.12 bits per heavy atom. The van der Waals surface area contributed by atoms with Crippen molar-refractivity contribution in [2.45, 2.75) is 6.54 Å². The number of nitrogens with zero attached hydrogens (tertiary/aromatic N) is 1. The number of halogens is 2. The Balaban J connectivity index is 2.13. The Bertz CT molecular complexity index is 1320. The first-order valence-electron chi connectivity index (χ1n) is 9.37. The largest absolute Gasteiger partial charge is 0.454 e. The number of aromatic nitrogens is 1. The van der Waals surface area contributed by atoms with E-state index in [0.717, 1.165) is 17.5 Å². The summed E-state index contributed by atoms with van der Waals surface area (Å²) in [7, 11) is -0.162. The third-order valence-corrected chi connectivity index (χ3v) is 5.31. The molecule has 2 N–H and O–H groups in total. The molecule has 3 rings (SSSR count). The second-order valence-corrected chi connectivity index (χ2v) is 8.81. The standard InChI is InChI=1S/C22H21F2N3O4S/c1-4-32(29,30)26-17-6-8-20(31-21-7-5-16(23)10-19(21)24)18(11-17)14-9-15(13-27(2)3)22(28)25-12-14/h4-12,26H,1,13H2,2-3H3,(H,25,28). The van der Waals surface area contributed by atoms with Gasteiger partial charge in [0.25, 0.3) is 15.6 Å². The van der Waals surface area contributed by atoms with Gasteiger partial charge in [-0.1, -0.05) is 6.58 Å². The molecule has 7 nitrogen and oxygen atoms in total. The number of ether oxygens (including phenoxy) is 1. The maximum atomic E-state index is 14.2. The molecule has 0 fully saturated rings. The third kappa shape index (κ3) is 5.59. The number of benzene rings is 2. The Morgan fingerprint density at radius 2 is 1.84 bits per heavy atom. The van der Waals surface area contributed by atoms with E-state index in [1.165, 1.54) is 24.4 Å². The molecule has 1 heterocycles. The smallest absolute Gasteiger partial charge is 0.254 e. The summed E-state index contributed by atoms with van der Waals surface area (Å²) in [5.74, 6) is -1.70. The molecule has 10 heteroatoms. The maximum absolute atomic E-state index is 14.2. The minimum atomic E-state index is -3.78. The zero-order chi connectivity index (χ0) is 23.5. The normalized spacial score (nSPS) is 11.4. The van der Waals surface area contributed by atoms with Crippen LogP contribution in [0, 0.1) is 11.6 Å². The topological polar surface area (TPSA) is 91.5 Å². The van der Waals surface area contributed by atoms with Gasteiger partial charge in [0.05, 0.1) is 0 Å². The summed E-state index contributed by atoms with van der Waals surface area (Å²) in [5.41, 5.74) is 1.25. The predicted molar refractivity (Wildman–Crippen MR) is 119 cm³/mol. The Labute approximate surface area is 184 Å². The van der Waals surface area contributed by atoms with Crippen LogP contribution in [-0.4, -0.2) is 32.4 Å². The highest BCUT2D eigenvalue weighted by atomic mass is 32.2. The summed E-state index contributed by atoms with van der Waals surface area (Å²) in [6.45, 7) is 3.61. The predicted octanol–water partition coefficient (Wildman–Crippen LogP) is 4.06. The molecule has 0 bridgehead atoms. The van der Waals surface area contributed by atoms with E-state index in [0.29, 0.717) is 29.3 Å². The Kier molecular flexibility index (Phi) is 6.75. The van der Waals surface area contributed by atoms with Crippen LogP contribution >= 0.6 is 0 Å². The molecule has 0 atom stereocenters. The average molecular weight is 461 g/mol. The van der Waals surface area contributed by atoms with Crippen LogP contribution in [-0.2, 0) is 16.6 Å². The van der Waals surface area contributed by atoms with Gasteiger partial charge in [0, 0.05) is 46.6 Å². The summed E-state index contributed by atoms with van der Waals surface area (Å²) in [5, 5.41) is 0.764. The van der Waals surface area contributed by atoms with Crippen molar-refractivity contribution in [3.63, 3.8) is 0 Å². The van der Waals surface area contributed by atoms with Crippen LogP contribution < -0.4 is 15.0 Å². The van der Waals surface area contributed by atoms with Crippen LogP contribution in [0.1, 0.15) is 5.56 Å². The first kappa shape index (κ1) is 23.2. The van der Waals surface area contributed by atoms with Gasteiger partial charge in [-0.3, -0.25) is 9.52 Å². The van der Waals surface area contributed by atoms with E-state index in [9.17, 15) is 22.0 Å². The van der Waals surface area contributed by atoms with Gasteiger partial charge in [0.2, 0.25) is 0 Å². The molecule has 0 radical (unpaired) electrons. The number of sulfonamides is 1. The van der Waals surface area contributed by atoms with Crippen LogP contribution in [0.15, 0.2) is 65.4 Å². The Morgan fingerprint density at radius 3 is 2.50 bits per heavy atom. The molecule has 32 heavy (non-hydrogen) atoms. The first-order chi connectivity index (χ1) is 15.1. The molecule has 1 aromatic heterocycles. The van der Waals surface area contributed by atoms with Gasteiger partial charge in [-0.25, -0.2) is 17.2 Å². The number of aromatic amines is 1. The number of anilines is 1. The van der Waals surface area contributed by atoms with Crippen LogP contribution in [0.2, 0.25) is 0 Å². The van der Waals surface area contributed by atoms with Gasteiger partial charge >= 0.3 is 0 Å². The van der Waals surface area contributed by atoms with E-state index in [1.807, 2.05) is 19.0 Å². The lowest BCUT2D eigenvalue weighted by Gasteiger charge is -2.15. The molecular formula is C22H21F2N3O4S.